The first-order valence-corrected chi connectivity index (χ1v) is 20.3. The molecule has 0 fully saturated rings. The lowest BCUT2D eigenvalue weighted by atomic mass is 9.96. The molecule has 0 aliphatic heterocycles. The van der Waals surface area contributed by atoms with E-state index < -0.39 is 0 Å². The summed E-state index contributed by atoms with van der Waals surface area (Å²) in [4.78, 5) is 0. The highest BCUT2D eigenvalue weighted by atomic mass is 15.0. The van der Waals surface area contributed by atoms with Gasteiger partial charge in [0.25, 0.3) is 0 Å². The summed E-state index contributed by atoms with van der Waals surface area (Å²) in [5.41, 5.74) is 13.9. The van der Waals surface area contributed by atoms with Crippen LogP contribution in [0.3, 0.4) is 0 Å². The van der Waals surface area contributed by atoms with E-state index in [4.69, 9.17) is 0 Å². The topological polar surface area (TPSA) is 21.9 Å². The molecule has 0 saturated heterocycles. The summed E-state index contributed by atoms with van der Waals surface area (Å²) in [6.07, 6.45) is 0. The van der Waals surface area contributed by atoms with Crippen molar-refractivity contribution in [3.8, 4) is 33.6 Å². The lowest BCUT2D eigenvalue weighted by molar-refractivity contribution is 1.18. The van der Waals surface area contributed by atoms with Crippen molar-refractivity contribution in [2.75, 3.05) is 5.32 Å². The van der Waals surface area contributed by atoms with Gasteiger partial charge in [-0.25, -0.2) is 0 Å². The number of rotatable bonds is 6. The second-order valence-electron chi connectivity index (χ2n) is 15.5. The molecule has 0 amide bonds. The fraction of sp³-hybridized carbons (Fsp3) is 0. The van der Waals surface area contributed by atoms with Crippen LogP contribution in [0, 0.1) is 0 Å². The monoisotopic (exact) mass is 751 g/mol. The summed E-state index contributed by atoms with van der Waals surface area (Å²) >= 11 is 0. The maximum absolute atomic E-state index is 3.77. The van der Waals surface area contributed by atoms with Crippen molar-refractivity contribution < 1.29 is 0 Å². The Bertz CT molecular complexity index is 3580. The number of fused-ring (bicyclic) bond motifs is 9. The number of hydrogen-bond acceptors (Lipinski definition) is 1. The Morgan fingerprint density at radius 3 is 1.76 bits per heavy atom. The minimum atomic E-state index is 1.07. The zero-order valence-electron chi connectivity index (χ0n) is 32.2. The number of nitrogens with one attached hydrogen (secondary N) is 1. The average Bonchev–Trinajstić information content (AvgIpc) is 3.82. The van der Waals surface area contributed by atoms with Crippen LogP contribution in [0.4, 0.5) is 11.4 Å². The lowest BCUT2D eigenvalue weighted by Gasteiger charge is -2.15. The Labute approximate surface area is 341 Å². The van der Waals surface area contributed by atoms with Gasteiger partial charge in [0, 0.05) is 49.9 Å². The van der Waals surface area contributed by atoms with Crippen LogP contribution in [-0.2, 0) is 0 Å². The molecule has 3 heteroatoms. The van der Waals surface area contributed by atoms with E-state index in [1.165, 1.54) is 81.8 Å². The van der Waals surface area contributed by atoms with E-state index in [1.807, 2.05) is 0 Å². The Kier molecular flexibility index (Phi) is 7.54. The van der Waals surface area contributed by atoms with Crippen LogP contribution in [0.2, 0.25) is 0 Å². The van der Waals surface area contributed by atoms with Crippen molar-refractivity contribution in [2.24, 2.45) is 0 Å². The van der Waals surface area contributed by atoms with Crippen LogP contribution in [-0.4, -0.2) is 9.13 Å². The predicted molar refractivity (Wildman–Crippen MR) is 251 cm³/mol. The van der Waals surface area contributed by atoms with Crippen molar-refractivity contribution in [1.82, 2.24) is 9.13 Å². The molecule has 3 nitrogen and oxygen atoms in total. The van der Waals surface area contributed by atoms with Crippen LogP contribution < -0.4 is 5.32 Å². The third-order valence-corrected chi connectivity index (χ3v) is 12.0. The summed E-state index contributed by atoms with van der Waals surface area (Å²) < 4.78 is 4.91. The van der Waals surface area contributed by atoms with E-state index in [0.29, 0.717) is 0 Å². The molecule has 0 aliphatic rings. The molecule has 59 heavy (non-hydrogen) atoms. The molecule has 2 heterocycles. The van der Waals surface area contributed by atoms with Crippen molar-refractivity contribution in [2.45, 2.75) is 0 Å². The molecule has 10 aromatic carbocycles. The maximum Gasteiger partial charge on any atom is 0.0641 e. The van der Waals surface area contributed by atoms with Gasteiger partial charge in [-0.05, 0) is 111 Å². The summed E-state index contributed by atoms with van der Waals surface area (Å²) in [5.74, 6) is 0. The zero-order valence-corrected chi connectivity index (χ0v) is 32.2. The molecule has 0 radical (unpaired) electrons. The van der Waals surface area contributed by atoms with Crippen LogP contribution in [0.15, 0.2) is 218 Å². The van der Waals surface area contributed by atoms with Gasteiger partial charge in [-0.3, -0.25) is 0 Å². The molecule has 0 saturated carbocycles. The molecule has 2 aromatic heterocycles. The van der Waals surface area contributed by atoms with Crippen molar-refractivity contribution in [1.29, 1.82) is 0 Å². The number of aromatic nitrogens is 2. The molecule has 1 N–H and O–H groups in total. The minimum Gasteiger partial charge on any atom is -0.355 e. The number of hydrogen-bond donors (Lipinski definition) is 1. The van der Waals surface area contributed by atoms with Gasteiger partial charge in [-0.15, -0.1) is 0 Å². The van der Waals surface area contributed by atoms with Gasteiger partial charge in [0.2, 0.25) is 0 Å². The first-order valence-electron chi connectivity index (χ1n) is 20.3. The number of para-hydroxylation sites is 2. The highest BCUT2D eigenvalue weighted by Gasteiger charge is 2.22. The smallest absolute Gasteiger partial charge is 0.0641 e. The molecule has 12 rings (SSSR count). The van der Waals surface area contributed by atoms with Crippen LogP contribution in [0.25, 0.3) is 98.8 Å². The zero-order chi connectivity index (χ0) is 38.9. The van der Waals surface area contributed by atoms with Gasteiger partial charge >= 0.3 is 0 Å². The van der Waals surface area contributed by atoms with Crippen molar-refractivity contribution in [3.63, 3.8) is 0 Å². The Morgan fingerprint density at radius 2 is 0.949 bits per heavy atom. The van der Waals surface area contributed by atoms with E-state index in [2.05, 4.69) is 233 Å². The molecule has 0 spiro atoms. The number of benzene rings is 10. The molecule has 0 atom stereocenters. The standard InChI is InChI=1S/C56H37N3/c1-3-15-39(16-4-1)49-35-42(25-30-51(49)57-44-27-23-37-13-7-9-17-40(37)33-44)43-26-31-53-50(36-43)47-29-32-54-55(48-21-11-12-22-52(48)58(54)45-19-5-2-6-20-45)56(47)59(53)46-28-24-38-14-8-10-18-41(38)34-46/h1-36,57H. The first kappa shape index (κ1) is 33.3. The Hall–Kier alpha value is -7.88. The van der Waals surface area contributed by atoms with E-state index >= 15 is 0 Å². The maximum atomic E-state index is 3.77. The molecule has 0 aliphatic carbocycles. The van der Waals surface area contributed by atoms with E-state index in [1.54, 1.807) is 0 Å². The van der Waals surface area contributed by atoms with E-state index in [-0.39, 0.29) is 0 Å². The van der Waals surface area contributed by atoms with Crippen LogP contribution in [0.5, 0.6) is 0 Å². The highest BCUT2D eigenvalue weighted by molar-refractivity contribution is 6.26. The Balaban J connectivity index is 1.09. The van der Waals surface area contributed by atoms with Crippen LogP contribution >= 0.6 is 0 Å². The second-order valence-corrected chi connectivity index (χ2v) is 15.5. The van der Waals surface area contributed by atoms with Gasteiger partial charge in [0.05, 0.1) is 22.1 Å². The summed E-state index contributed by atoms with van der Waals surface area (Å²) in [6, 6.07) is 79.4. The number of nitrogens with zero attached hydrogens (tertiary/aromatic N) is 2. The fourth-order valence-corrected chi connectivity index (χ4v) is 9.29. The third kappa shape index (κ3) is 5.44. The van der Waals surface area contributed by atoms with E-state index in [9.17, 15) is 0 Å². The van der Waals surface area contributed by atoms with Crippen LogP contribution in [0.1, 0.15) is 0 Å². The SMILES string of the molecule is c1ccc(-c2cc(-c3ccc4c(c3)c3ccc5c(c6ccccc6n5-c5ccccc5)c3n4-c3ccc4ccccc4c3)ccc2Nc2ccc3ccccc3c2)cc1. The molecule has 276 valence electrons. The second kappa shape index (κ2) is 13.4. The summed E-state index contributed by atoms with van der Waals surface area (Å²) in [7, 11) is 0. The summed E-state index contributed by atoms with van der Waals surface area (Å²) in [5, 5.41) is 13.6. The average molecular weight is 752 g/mol. The fourth-order valence-electron chi connectivity index (χ4n) is 9.29. The van der Waals surface area contributed by atoms with Gasteiger partial charge < -0.3 is 14.5 Å². The van der Waals surface area contributed by atoms with Crippen molar-refractivity contribution in [3.05, 3.63) is 218 Å². The normalized spacial score (nSPS) is 11.7. The molecule has 12 aromatic rings. The largest absolute Gasteiger partial charge is 0.355 e. The first-order chi connectivity index (χ1) is 29.2. The Morgan fingerprint density at radius 1 is 0.322 bits per heavy atom. The van der Waals surface area contributed by atoms with Gasteiger partial charge in [0.15, 0.2) is 0 Å². The number of anilines is 2. The van der Waals surface area contributed by atoms with Crippen molar-refractivity contribution >= 4 is 76.5 Å². The quantitative estimate of drug-likeness (QED) is 0.180. The molecule has 0 bridgehead atoms. The minimum absolute atomic E-state index is 1.07. The van der Waals surface area contributed by atoms with Gasteiger partial charge in [-0.2, -0.15) is 0 Å². The van der Waals surface area contributed by atoms with Gasteiger partial charge in [-0.1, -0.05) is 146 Å². The summed E-state index contributed by atoms with van der Waals surface area (Å²) in [6.45, 7) is 0. The lowest BCUT2D eigenvalue weighted by Crippen LogP contribution is -1.96. The molecular formula is C56H37N3. The van der Waals surface area contributed by atoms with Gasteiger partial charge in [0.1, 0.15) is 0 Å². The highest BCUT2D eigenvalue weighted by Crippen LogP contribution is 2.44. The molecule has 0 unspecified atom stereocenters. The molecular weight excluding hydrogens is 715 g/mol. The third-order valence-electron chi connectivity index (χ3n) is 12.0. The predicted octanol–water partition coefficient (Wildman–Crippen LogP) is 15.3. The van der Waals surface area contributed by atoms with E-state index in [0.717, 1.165) is 28.3 Å².